The molecule has 0 saturated carbocycles. The smallest absolute Gasteiger partial charge is 0.226 e. The van der Waals surface area contributed by atoms with E-state index in [0.29, 0.717) is 12.5 Å². The number of hydrogen-bond acceptors (Lipinski definition) is 3. The van der Waals surface area contributed by atoms with Gasteiger partial charge in [-0.05, 0) is 30.5 Å². The Morgan fingerprint density at radius 3 is 2.38 bits per heavy atom. The maximum Gasteiger partial charge on any atom is 0.226 e. The highest BCUT2D eigenvalue weighted by atomic mass is 79.9. The monoisotopic (exact) mass is 348 g/mol. The van der Waals surface area contributed by atoms with Gasteiger partial charge in [0.05, 0.1) is 24.9 Å². The predicted molar refractivity (Wildman–Crippen MR) is 82.7 cm³/mol. The van der Waals surface area contributed by atoms with Crippen LogP contribution in [0.25, 0.3) is 0 Å². The van der Waals surface area contributed by atoms with Crippen molar-refractivity contribution in [2.45, 2.75) is 25.3 Å². The number of rotatable bonds is 3. The van der Waals surface area contributed by atoms with Crippen molar-refractivity contribution in [2.24, 2.45) is 0 Å². The Hall–Kier alpha value is -1.69. The van der Waals surface area contributed by atoms with E-state index in [1.807, 2.05) is 29.2 Å². The normalized spacial score (nSPS) is 16.1. The van der Waals surface area contributed by atoms with Gasteiger partial charge in [0.25, 0.3) is 0 Å². The fourth-order valence-corrected chi connectivity index (χ4v) is 2.91. The minimum atomic E-state index is 0.198. The maximum absolute atomic E-state index is 12.3. The van der Waals surface area contributed by atoms with Gasteiger partial charge in [-0.2, -0.15) is 15.0 Å². The lowest BCUT2D eigenvalue weighted by molar-refractivity contribution is -0.131. The summed E-state index contributed by atoms with van der Waals surface area (Å²) in [6, 6.07) is 8.23. The zero-order valence-electron chi connectivity index (χ0n) is 11.7. The molecule has 110 valence electrons. The second kappa shape index (κ2) is 6.39. The second-order valence-corrected chi connectivity index (χ2v) is 6.18. The molecule has 2 heterocycles. The Balaban J connectivity index is 1.54. The van der Waals surface area contributed by atoms with Gasteiger partial charge in [-0.1, -0.05) is 28.1 Å². The molecule has 3 rings (SSSR count). The minimum Gasteiger partial charge on any atom is -0.342 e. The van der Waals surface area contributed by atoms with Gasteiger partial charge < -0.3 is 4.90 Å². The SMILES string of the molecule is O=C(Cc1ccc(Br)cc1)N1CCC(n2nccn2)CC1. The van der Waals surface area contributed by atoms with Gasteiger partial charge in [-0.3, -0.25) is 4.79 Å². The molecule has 5 nitrogen and oxygen atoms in total. The Bertz CT molecular complexity index is 589. The molecule has 0 N–H and O–H groups in total. The molecule has 21 heavy (non-hydrogen) atoms. The molecule has 1 saturated heterocycles. The van der Waals surface area contributed by atoms with E-state index in [4.69, 9.17) is 0 Å². The van der Waals surface area contributed by atoms with E-state index in [-0.39, 0.29) is 5.91 Å². The highest BCUT2D eigenvalue weighted by Gasteiger charge is 2.24. The highest BCUT2D eigenvalue weighted by Crippen LogP contribution is 2.21. The quantitative estimate of drug-likeness (QED) is 0.855. The van der Waals surface area contributed by atoms with Crippen LogP contribution in [0.5, 0.6) is 0 Å². The Morgan fingerprint density at radius 2 is 1.76 bits per heavy atom. The lowest BCUT2D eigenvalue weighted by Gasteiger charge is -2.31. The predicted octanol–water partition coefficient (Wildman–Crippen LogP) is 2.45. The van der Waals surface area contributed by atoms with Crippen LogP contribution in [0, 0.1) is 0 Å². The second-order valence-electron chi connectivity index (χ2n) is 5.26. The molecule has 0 bridgehead atoms. The topological polar surface area (TPSA) is 51.0 Å². The number of hydrogen-bond donors (Lipinski definition) is 0. The Kier molecular flexibility index (Phi) is 4.34. The number of piperidine rings is 1. The van der Waals surface area contributed by atoms with Gasteiger partial charge in [0.1, 0.15) is 0 Å². The highest BCUT2D eigenvalue weighted by molar-refractivity contribution is 9.10. The molecular formula is C15H17BrN4O. The van der Waals surface area contributed by atoms with Crippen molar-refractivity contribution in [2.75, 3.05) is 13.1 Å². The van der Waals surface area contributed by atoms with E-state index in [9.17, 15) is 4.79 Å². The summed E-state index contributed by atoms with van der Waals surface area (Å²) in [5.74, 6) is 0.198. The van der Waals surface area contributed by atoms with Crippen LogP contribution in [-0.4, -0.2) is 38.9 Å². The fourth-order valence-electron chi connectivity index (χ4n) is 2.65. The van der Waals surface area contributed by atoms with Crippen molar-refractivity contribution in [3.63, 3.8) is 0 Å². The number of amides is 1. The summed E-state index contributed by atoms with van der Waals surface area (Å²) >= 11 is 3.40. The van der Waals surface area contributed by atoms with E-state index >= 15 is 0 Å². The summed E-state index contributed by atoms with van der Waals surface area (Å²) in [5, 5.41) is 8.37. The van der Waals surface area contributed by atoms with Crippen molar-refractivity contribution in [3.05, 3.63) is 46.7 Å². The lowest BCUT2D eigenvalue weighted by atomic mass is 10.0. The molecule has 0 unspecified atom stereocenters. The van der Waals surface area contributed by atoms with Crippen LogP contribution in [0.1, 0.15) is 24.4 Å². The standard InChI is InChI=1S/C15H17BrN4O/c16-13-3-1-12(2-4-13)11-15(21)19-9-5-14(6-10-19)20-17-7-8-18-20/h1-4,7-8,14H,5-6,9-11H2. The van der Waals surface area contributed by atoms with Gasteiger partial charge in [-0.25, -0.2) is 0 Å². The van der Waals surface area contributed by atoms with E-state index in [2.05, 4.69) is 26.1 Å². The van der Waals surface area contributed by atoms with Gasteiger partial charge in [0, 0.05) is 17.6 Å². The molecule has 0 radical (unpaired) electrons. The van der Waals surface area contributed by atoms with Crippen molar-refractivity contribution in [3.8, 4) is 0 Å². The van der Waals surface area contributed by atoms with Gasteiger partial charge in [0.2, 0.25) is 5.91 Å². The number of carbonyl (C=O) groups is 1. The van der Waals surface area contributed by atoms with Crippen LogP contribution < -0.4 is 0 Å². The van der Waals surface area contributed by atoms with Crippen molar-refractivity contribution in [1.82, 2.24) is 19.9 Å². The third kappa shape index (κ3) is 3.50. The average Bonchev–Trinajstić information content (AvgIpc) is 3.04. The van der Waals surface area contributed by atoms with Crippen LogP contribution in [0.2, 0.25) is 0 Å². The molecule has 0 aliphatic carbocycles. The molecule has 1 aliphatic heterocycles. The van der Waals surface area contributed by atoms with Crippen LogP contribution in [0.3, 0.4) is 0 Å². The first kappa shape index (κ1) is 14.3. The third-order valence-electron chi connectivity index (χ3n) is 3.85. The van der Waals surface area contributed by atoms with Gasteiger partial charge >= 0.3 is 0 Å². The molecule has 1 aromatic carbocycles. The molecule has 1 aromatic heterocycles. The summed E-state index contributed by atoms with van der Waals surface area (Å²) in [7, 11) is 0. The summed E-state index contributed by atoms with van der Waals surface area (Å²) in [4.78, 5) is 16.0. The lowest BCUT2D eigenvalue weighted by Crippen LogP contribution is -2.40. The number of aromatic nitrogens is 3. The number of nitrogens with zero attached hydrogens (tertiary/aromatic N) is 4. The first-order valence-corrected chi connectivity index (χ1v) is 7.90. The first-order valence-electron chi connectivity index (χ1n) is 7.10. The average molecular weight is 349 g/mol. The molecular weight excluding hydrogens is 332 g/mol. The zero-order valence-corrected chi connectivity index (χ0v) is 13.2. The Morgan fingerprint density at radius 1 is 1.14 bits per heavy atom. The largest absolute Gasteiger partial charge is 0.342 e. The van der Waals surface area contributed by atoms with Crippen LogP contribution in [-0.2, 0) is 11.2 Å². The van der Waals surface area contributed by atoms with Crippen LogP contribution in [0.4, 0.5) is 0 Å². The zero-order chi connectivity index (χ0) is 14.7. The molecule has 0 spiro atoms. The van der Waals surface area contributed by atoms with E-state index < -0.39 is 0 Å². The molecule has 2 aromatic rings. The van der Waals surface area contributed by atoms with Crippen LogP contribution >= 0.6 is 15.9 Å². The van der Waals surface area contributed by atoms with Crippen molar-refractivity contribution >= 4 is 21.8 Å². The van der Waals surface area contributed by atoms with Gasteiger partial charge in [0.15, 0.2) is 0 Å². The van der Waals surface area contributed by atoms with E-state index in [0.717, 1.165) is 36.0 Å². The van der Waals surface area contributed by atoms with Crippen molar-refractivity contribution in [1.29, 1.82) is 0 Å². The molecule has 0 atom stereocenters. The van der Waals surface area contributed by atoms with Gasteiger partial charge in [-0.15, -0.1) is 0 Å². The molecule has 1 fully saturated rings. The van der Waals surface area contributed by atoms with E-state index in [1.54, 1.807) is 17.2 Å². The molecule has 6 heteroatoms. The minimum absolute atomic E-state index is 0.198. The first-order chi connectivity index (χ1) is 10.2. The van der Waals surface area contributed by atoms with Crippen molar-refractivity contribution < 1.29 is 4.79 Å². The summed E-state index contributed by atoms with van der Waals surface area (Å²) in [6.07, 6.45) is 5.70. The maximum atomic E-state index is 12.3. The van der Waals surface area contributed by atoms with Crippen LogP contribution in [0.15, 0.2) is 41.1 Å². The fraction of sp³-hybridized carbons (Fsp3) is 0.400. The number of halogens is 1. The number of carbonyl (C=O) groups excluding carboxylic acids is 1. The summed E-state index contributed by atoms with van der Waals surface area (Å²) in [5.41, 5.74) is 1.05. The summed E-state index contributed by atoms with van der Waals surface area (Å²) in [6.45, 7) is 1.56. The molecule has 1 amide bonds. The summed E-state index contributed by atoms with van der Waals surface area (Å²) < 4.78 is 1.03. The third-order valence-corrected chi connectivity index (χ3v) is 4.38. The molecule has 1 aliphatic rings. The van der Waals surface area contributed by atoms with E-state index in [1.165, 1.54) is 0 Å². The number of likely N-dealkylation sites (tertiary alicyclic amines) is 1. The Labute approximate surface area is 132 Å². The number of benzene rings is 1.